The summed E-state index contributed by atoms with van der Waals surface area (Å²) >= 11 is 0. The molecule has 1 fully saturated rings. The van der Waals surface area contributed by atoms with Gasteiger partial charge in [-0.15, -0.1) is 0 Å². The number of ether oxygens (including phenoxy) is 1. The van der Waals surface area contributed by atoms with Crippen LogP contribution in [0.2, 0.25) is 0 Å². The molecule has 1 aromatic rings. The molecular weight excluding hydrogens is 264 g/mol. The van der Waals surface area contributed by atoms with Crippen molar-refractivity contribution in [3.8, 4) is 0 Å². The molecule has 0 saturated carbocycles. The van der Waals surface area contributed by atoms with Gasteiger partial charge in [0.25, 0.3) is 5.69 Å². The summed E-state index contributed by atoms with van der Waals surface area (Å²) in [7, 11) is 0. The number of benzene rings is 1. The maximum atomic E-state index is 10.8. The highest BCUT2D eigenvalue weighted by Crippen LogP contribution is 2.34. The maximum absolute atomic E-state index is 10.8. The van der Waals surface area contributed by atoms with Gasteiger partial charge in [-0.25, -0.2) is 4.79 Å². The van der Waals surface area contributed by atoms with E-state index in [0.717, 1.165) is 11.3 Å². The third-order valence-corrected chi connectivity index (χ3v) is 3.34. The van der Waals surface area contributed by atoms with Crippen LogP contribution < -0.4 is 4.90 Å². The Morgan fingerprint density at radius 2 is 2.20 bits per heavy atom. The van der Waals surface area contributed by atoms with E-state index in [2.05, 4.69) is 0 Å². The molecule has 0 atom stereocenters. The molecule has 0 aromatic heterocycles. The summed E-state index contributed by atoms with van der Waals surface area (Å²) in [5.74, 6) is -1.00. The van der Waals surface area contributed by atoms with Crippen LogP contribution in [0.25, 0.3) is 0 Å². The van der Waals surface area contributed by atoms with Crippen molar-refractivity contribution in [2.45, 2.75) is 19.4 Å². The first-order chi connectivity index (χ1) is 9.31. The lowest BCUT2D eigenvalue weighted by Gasteiger charge is -2.49. The van der Waals surface area contributed by atoms with Gasteiger partial charge in [-0.1, -0.05) is 6.07 Å². The molecule has 0 amide bonds. The monoisotopic (exact) mass is 280 g/mol. The quantitative estimate of drug-likeness (QED) is 0.650. The van der Waals surface area contributed by atoms with Crippen LogP contribution in [0.4, 0.5) is 11.4 Å². The van der Waals surface area contributed by atoms with Crippen LogP contribution in [-0.2, 0) is 9.53 Å². The number of carboxylic acids is 1. The molecule has 0 radical (unpaired) electrons. The van der Waals surface area contributed by atoms with Gasteiger partial charge in [-0.3, -0.25) is 10.1 Å². The number of anilines is 1. The van der Waals surface area contributed by atoms with E-state index in [1.807, 2.05) is 18.7 Å². The summed E-state index contributed by atoms with van der Waals surface area (Å²) in [5.41, 5.74) is 1.26. The molecule has 0 spiro atoms. The van der Waals surface area contributed by atoms with Crippen molar-refractivity contribution in [2.24, 2.45) is 0 Å². The zero-order chi connectivity index (χ0) is 14.9. The van der Waals surface area contributed by atoms with Gasteiger partial charge in [-0.05, 0) is 19.4 Å². The zero-order valence-electron chi connectivity index (χ0n) is 11.3. The Hall–Kier alpha value is -2.15. The third-order valence-electron chi connectivity index (χ3n) is 3.34. The molecule has 1 saturated heterocycles. The molecule has 0 bridgehead atoms. The summed E-state index contributed by atoms with van der Waals surface area (Å²) in [6, 6.07) is 4.71. The Labute approximate surface area is 115 Å². The molecule has 1 aliphatic heterocycles. The van der Waals surface area contributed by atoms with Gasteiger partial charge in [0.2, 0.25) is 0 Å². The Morgan fingerprint density at radius 1 is 1.55 bits per heavy atom. The molecule has 7 heteroatoms. The number of carbonyl (C=O) groups is 1. The Kier molecular flexibility index (Phi) is 3.63. The highest BCUT2D eigenvalue weighted by molar-refractivity contribution is 5.68. The van der Waals surface area contributed by atoms with Gasteiger partial charge in [-0.2, -0.15) is 0 Å². The lowest BCUT2D eigenvalue weighted by atomic mass is 9.94. The number of hydrogen-bond acceptors (Lipinski definition) is 5. The lowest BCUT2D eigenvalue weighted by Crippen LogP contribution is -2.62. The highest BCUT2D eigenvalue weighted by Gasteiger charge is 2.41. The third kappa shape index (κ3) is 2.88. The fourth-order valence-corrected chi connectivity index (χ4v) is 2.31. The molecule has 1 N–H and O–H groups in total. The Morgan fingerprint density at radius 3 is 2.75 bits per heavy atom. The topological polar surface area (TPSA) is 92.9 Å². The SMILES string of the molecule is Cc1ccc([N+](=O)[O-])cc1N1CC(C)(OCC(=O)O)C1. The van der Waals surface area contributed by atoms with E-state index in [1.165, 1.54) is 12.1 Å². The minimum Gasteiger partial charge on any atom is -0.480 e. The molecule has 2 rings (SSSR count). The number of hydrogen-bond donors (Lipinski definition) is 1. The summed E-state index contributed by atoms with van der Waals surface area (Å²) < 4.78 is 5.32. The van der Waals surface area contributed by atoms with E-state index >= 15 is 0 Å². The van der Waals surface area contributed by atoms with Crippen LogP contribution in [0.15, 0.2) is 18.2 Å². The van der Waals surface area contributed by atoms with Crippen molar-refractivity contribution < 1.29 is 19.6 Å². The number of nitrogens with zero attached hydrogens (tertiary/aromatic N) is 2. The van der Waals surface area contributed by atoms with Crippen LogP contribution in [0.5, 0.6) is 0 Å². The smallest absolute Gasteiger partial charge is 0.329 e. The normalized spacial score (nSPS) is 16.6. The molecule has 1 heterocycles. The Balaban J connectivity index is 2.07. The standard InChI is InChI=1S/C13H16N2O5/c1-9-3-4-10(15(18)19)5-11(9)14-7-13(2,8-14)20-6-12(16)17/h3-5H,6-8H2,1-2H3,(H,16,17). The largest absolute Gasteiger partial charge is 0.480 e. The van der Waals surface area contributed by atoms with Crippen LogP contribution in [0.1, 0.15) is 12.5 Å². The van der Waals surface area contributed by atoms with Gasteiger partial charge in [0, 0.05) is 30.9 Å². The van der Waals surface area contributed by atoms with Crippen molar-refractivity contribution in [2.75, 3.05) is 24.6 Å². The molecular formula is C13H16N2O5. The predicted octanol–water partition coefficient (Wildman–Crippen LogP) is 1.58. The fourth-order valence-electron chi connectivity index (χ4n) is 2.31. The second kappa shape index (κ2) is 5.09. The number of non-ortho nitro benzene ring substituents is 1. The predicted molar refractivity (Wildman–Crippen MR) is 72.0 cm³/mol. The average molecular weight is 280 g/mol. The van der Waals surface area contributed by atoms with Gasteiger partial charge in [0.15, 0.2) is 0 Å². The molecule has 1 aliphatic rings. The van der Waals surface area contributed by atoms with E-state index in [4.69, 9.17) is 9.84 Å². The summed E-state index contributed by atoms with van der Waals surface area (Å²) in [6.07, 6.45) is 0. The molecule has 108 valence electrons. The van der Waals surface area contributed by atoms with Crippen LogP contribution >= 0.6 is 0 Å². The van der Waals surface area contributed by atoms with Gasteiger partial charge in [0.1, 0.15) is 12.2 Å². The minimum atomic E-state index is -1.00. The van der Waals surface area contributed by atoms with Gasteiger partial charge in [0.05, 0.1) is 4.92 Å². The van der Waals surface area contributed by atoms with E-state index in [-0.39, 0.29) is 12.3 Å². The van der Waals surface area contributed by atoms with Crippen molar-refractivity contribution in [1.29, 1.82) is 0 Å². The van der Waals surface area contributed by atoms with Crippen molar-refractivity contribution in [1.82, 2.24) is 0 Å². The van der Waals surface area contributed by atoms with Crippen LogP contribution in [0.3, 0.4) is 0 Å². The number of nitro groups is 1. The lowest BCUT2D eigenvalue weighted by molar-refractivity contribution is -0.384. The average Bonchev–Trinajstić information content (AvgIpc) is 2.33. The second-order valence-electron chi connectivity index (χ2n) is 5.22. The number of nitro benzene ring substituents is 1. The first-order valence-electron chi connectivity index (χ1n) is 6.16. The molecule has 0 unspecified atom stereocenters. The first-order valence-corrected chi connectivity index (χ1v) is 6.16. The van der Waals surface area contributed by atoms with E-state index < -0.39 is 16.5 Å². The molecule has 20 heavy (non-hydrogen) atoms. The number of aliphatic carboxylic acids is 1. The second-order valence-corrected chi connectivity index (χ2v) is 5.22. The van der Waals surface area contributed by atoms with E-state index in [1.54, 1.807) is 6.07 Å². The fraction of sp³-hybridized carbons (Fsp3) is 0.462. The first kappa shape index (κ1) is 14.3. The van der Waals surface area contributed by atoms with Crippen molar-refractivity contribution in [3.05, 3.63) is 33.9 Å². The van der Waals surface area contributed by atoms with E-state index in [9.17, 15) is 14.9 Å². The Bertz CT molecular complexity index is 552. The molecule has 7 nitrogen and oxygen atoms in total. The highest BCUT2D eigenvalue weighted by atomic mass is 16.6. The molecule has 0 aliphatic carbocycles. The number of rotatable bonds is 5. The van der Waals surface area contributed by atoms with E-state index in [0.29, 0.717) is 13.1 Å². The van der Waals surface area contributed by atoms with Gasteiger partial charge >= 0.3 is 5.97 Å². The van der Waals surface area contributed by atoms with Crippen LogP contribution in [0, 0.1) is 17.0 Å². The molecule has 1 aromatic carbocycles. The number of carboxylic acid groups (broad SMARTS) is 1. The van der Waals surface area contributed by atoms with Crippen molar-refractivity contribution in [3.63, 3.8) is 0 Å². The zero-order valence-corrected chi connectivity index (χ0v) is 11.3. The summed E-state index contributed by atoms with van der Waals surface area (Å²) in [5, 5.41) is 19.4. The van der Waals surface area contributed by atoms with Crippen molar-refractivity contribution >= 4 is 17.3 Å². The van der Waals surface area contributed by atoms with Crippen LogP contribution in [-0.4, -0.2) is 41.3 Å². The minimum absolute atomic E-state index is 0.0469. The summed E-state index contributed by atoms with van der Waals surface area (Å²) in [4.78, 5) is 22.8. The maximum Gasteiger partial charge on any atom is 0.329 e. The van der Waals surface area contributed by atoms with Gasteiger partial charge < -0.3 is 14.7 Å². The number of aryl methyl sites for hydroxylation is 1. The summed E-state index contributed by atoms with van der Waals surface area (Å²) in [6.45, 7) is 4.41.